The van der Waals surface area contributed by atoms with Crippen LogP contribution in [-0.4, -0.2) is 43.7 Å². The summed E-state index contributed by atoms with van der Waals surface area (Å²) < 4.78 is 10.8. The van der Waals surface area contributed by atoms with Crippen LogP contribution >= 0.6 is 0 Å². The first-order chi connectivity index (χ1) is 12.7. The predicted molar refractivity (Wildman–Crippen MR) is 101 cm³/mol. The summed E-state index contributed by atoms with van der Waals surface area (Å²) in [5.74, 6) is 0.699. The molecule has 3 rings (SSSR count). The third-order valence-corrected chi connectivity index (χ3v) is 4.41. The minimum Gasteiger partial charge on any atom is -0.494 e. The third kappa shape index (κ3) is 5.31. The van der Waals surface area contributed by atoms with Crippen molar-refractivity contribution < 1.29 is 14.3 Å². The monoisotopic (exact) mass is 354 g/mol. The second kappa shape index (κ2) is 9.36. The number of hydrogen-bond donors (Lipinski definition) is 1. The highest BCUT2D eigenvalue weighted by Crippen LogP contribution is 2.13. The fraction of sp³-hybridized carbons (Fsp3) is 0.381. The smallest absolute Gasteiger partial charge is 0.251 e. The lowest BCUT2D eigenvalue weighted by Crippen LogP contribution is -2.35. The summed E-state index contributed by atoms with van der Waals surface area (Å²) in [4.78, 5) is 14.6. The van der Waals surface area contributed by atoms with Crippen LogP contribution in [0.25, 0.3) is 0 Å². The van der Waals surface area contributed by atoms with Gasteiger partial charge in [-0.1, -0.05) is 24.3 Å². The van der Waals surface area contributed by atoms with Crippen LogP contribution in [0, 0.1) is 0 Å². The maximum absolute atomic E-state index is 12.2. The number of rotatable bonds is 7. The number of ether oxygens (including phenoxy) is 2. The van der Waals surface area contributed by atoms with Gasteiger partial charge in [0.2, 0.25) is 0 Å². The maximum atomic E-state index is 12.2. The van der Waals surface area contributed by atoms with Gasteiger partial charge in [-0.15, -0.1) is 0 Å². The standard InChI is InChI=1S/C21H26N2O3/c1-2-26-20-9-7-19(8-10-20)21(24)22-15-17-3-5-18(6-4-17)16-23-11-13-25-14-12-23/h3-10H,2,11-16H2,1H3,(H,22,24). The lowest BCUT2D eigenvalue weighted by atomic mass is 10.1. The highest BCUT2D eigenvalue weighted by molar-refractivity contribution is 5.94. The zero-order valence-electron chi connectivity index (χ0n) is 15.2. The number of amides is 1. The Kier molecular flexibility index (Phi) is 6.63. The highest BCUT2D eigenvalue weighted by atomic mass is 16.5. The maximum Gasteiger partial charge on any atom is 0.251 e. The summed E-state index contributed by atoms with van der Waals surface area (Å²) >= 11 is 0. The number of morpholine rings is 1. The van der Waals surface area contributed by atoms with Crippen LogP contribution in [0.4, 0.5) is 0 Å². The molecule has 1 aliphatic rings. The lowest BCUT2D eigenvalue weighted by Gasteiger charge is -2.26. The van der Waals surface area contributed by atoms with E-state index >= 15 is 0 Å². The van der Waals surface area contributed by atoms with Gasteiger partial charge in [0.1, 0.15) is 5.75 Å². The quantitative estimate of drug-likeness (QED) is 0.831. The van der Waals surface area contributed by atoms with E-state index in [0.29, 0.717) is 18.7 Å². The molecule has 0 saturated carbocycles. The molecule has 2 aromatic carbocycles. The second-order valence-corrected chi connectivity index (χ2v) is 6.35. The fourth-order valence-corrected chi connectivity index (χ4v) is 2.93. The van der Waals surface area contributed by atoms with E-state index in [1.807, 2.05) is 19.1 Å². The third-order valence-electron chi connectivity index (χ3n) is 4.41. The number of carbonyl (C=O) groups is 1. The first-order valence-electron chi connectivity index (χ1n) is 9.13. The Morgan fingerprint density at radius 2 is 1.69 bits per heavy atom. The Balaban J connectivity index is 1.48. The Morgan fingerprint density at radius 1 is 1.04 bits per heavy atom. The van der Waals surface area contributed by atoms with Crippen LogP contribution in [0.15, 0.2) is 48.5 Å². The molecular formula is C21H26N2O3. The van der Waals surface area contributed by atoms with E-state index in [1.165, 1.54) is 5.56 Å². The van der Waals surface area contributed by atoms with E-state index in [9.17, 15) is 4.79 Å². The topological polar surface area (TPSA) is 50.8 Å². The number of hydrogen-bond acceptors (Lipinski definition) is 4. The van der Waals surface area contributed by atoms with E-state index in [0.717, 1.165) is 44.2 Å². The molecular weight excluding hydrogens is 328 g/mol. The lowest BCUT2D eigenvalue weighted by molar-refractivity contribution is 0.0342. The van der Waals surface area contributed by atoms with E-state index in [-0.39, 0.29) is 5.91 Å². The molecule has 2 aromatic rings. The molecule has 0 unspecified atom stereocenters. The average Bonchev–Trinajstić information content (AvgIpc) is 2.69. The molecule has 5 nitrogen and oxygen atoms in total. The van der Waals surface area contributed by atoms with Crippen LogP contribution in [0.2, 0.25) is 0 Å². The number of nitrogens with one attached hydrogen (secondary N) is 1. The first-order valence-corrected chi connectivity index (χ1v) is 9.13. The van der Waals surface area contributed by atoms with Gasteiger partial charge in [-0.25, -0.2) is 0 Å². The van der Waals surface area contributed by atoms with Crippen molar-refractivity contribution in [1.29, 1.82) is 0 Å². The molecule has 138 valence electrons. The molecule has 0 atom stereocenters. The SMILES string of the molecule is CCOc1ccc(C(=O)NCc2ccc(CN3CCOCC3)cc2)cc1. The molecule has 0 aromatic heterocycles. The van der Waals surface area contributed by atoms with Crippen LogP contribution in [0.3, 0.4) is 0 Å². The molecule has 0 radical (unpaired) electrons. The normalized spacial score (nSPS) is 14.8. The van der Waals surface area contributed by atoms with Crippen molar-refractivity contribution in [3.8, 4) is 5.75 Å². The Hall–Kier alpha value is -2.37. The highest BCUT2D eigenvalue weighted by Gasteiger charge is 2.10. The average molecular weight is 354 g/mol. The summed E-state index contributed by atoms with van der Waals surface area (Å²) in [5.41, 5.74) is 3.01. The molecule has 5 heteroatoms. The Morgan fingerprint density at radius 3 is 2.35 bits per heavy atom. The van der Waals surface area contributed by atoms with Gasteiger partial charge in [-0.05, 0) is 42.3 Å². The Bertz CT molecular complexity index is 692. The molecule has 1 fully saturated rings. The van der Waals surface area contributed by atoms with Gasteiger partial charge in [-0.3, -0.25) is 9.69 Å². The largest absolute Gasteiger partial charge is 0.494 e. The molecule has 1 heterocycles. The van der Waals surface area contributed by atoms with Gasteiger partial charge in [-0.2, -0.15) is 0 Å². The molecule has 0 spiro atoms. The van der Waals surface area contributed by atoms with Crippen LogP contribution in [0.5, 0.6) is 5.75 Å². The van der Waals surface area contributed by atoms with E-state index < -0.39 is 0 Å². The summed E-state index contributed by atoms with van der Waals surface area (Å²) in [6.07, 6.45) is 0. The molecule has 0 bridgehead atoms. The van der Waals surface area contributed by atoms with Crippen LogP contribution < -0.4 is 10.1 Å². The van der Waals surface area contributed by atoms with Crippen molar-refractivity contribution >= 4 is 5.91 Å². The van der Waals surface area contributed by atoms with Crippen molar-refractivity contribution in [2.75, 3.05) is 32.9 Å². The zero-order valence-corrected chi connectivity index (χ0v) is 15.2. The summed E-state index contributed by atoms with van der Waals surface area (Å²) in [6, 6.07) is 15.6. The summed E-state index contributed by atoms with van der Waals surface area (Å²) in [5, 5.41) is 2.96. The first kappa shape index (κ1) is 18.4. The van der Waals surface area contributed by atoms with Crippen LogP contribution in [-0.2, 0) is 17.8 Å². The van der Waals surface area contributed by atoms with Gasteiger partial charge in [0, 0.05) is 31.7 Å². The molecule has 0 aliphatic carbocycles. The summed E-state index contributed by atoms with van der Waals surface area (Å²) in [6.45, 7) is 7.62. The van der Waals surface area contributed by atoms with E-state index in [1.54, 1.807) is 12.1 Å². The van der Waals surface area contributed by atoms with Gasteiger partial charge >= 0.3 is 0 Å². The minimum atomic E-state index is -0.0783. The number of benzene rings is 2. The van der Waals surface area contributed by atoms with Crippen LogP contribution in [0.1, 0.15) is 28.4 Å². The van der Waals surface area contributed by atoms with E-state index in [4.69, 9.17) is 9.47 Å². The van der Waals surface area contributed by atoms with Gasteiger partial charge < -0.3 is 14.8 Å². The van der Waals surface area contributed by atoms with Crippen molar-refractivity contribution in [3.63, 3.8) is 0 Å². The van der Waals surface area contributed by atoms with Gasteiger partial charge in [0.05, 0.1) is 19.8 Å². The van der Waals surface area contributed by atoms with Crippen molar-refractivity contribution in [1.82, 2.24) is 10.2 Å². The molecule has 26 heavy (non-hydrogen) atoms. The van der Waals surface area contributed by atoms with Crippen molar-refractivity contribution in [3.05, 3.63) is 65.2 Å². The minimum absolute atomic E-state index is 0.0783. The molecule has 1 N–H and O–H groups in total. The Labute approximate surface area is 154 Å². The van der Waals surface area contributed by atoms with Crippen molar-refractivity contribution in [2.24, 2.45) is 0 Å². The fourth-order valence-electron chi connectivity index (χ4n) is 2.93. The molecule has 1 amide bonds. The number of nitrogens with zero attached hydrogens (tertiary/aromatic N) is 1. The van der Waals surface area contributed by atoms with Gasteiger partial charge in [0.15, 0.2) is 0 Å². The van der Waals surface area contributed by atoms with Crippen molar-refractivity contribution in [2.45, 2.75) is 20.0 Å². The molecule has 1 saturated heterocycles. The second-order valence-electron chi connectivity index (χ2n) is 6.35. The predicted octanol–water partition coefficient (Wildman–Crippen LogP) is 2.85. The van der Waals surface area contributed by atoms with Gasteiger partial charge in [0.25, 0.3) is 5.91 Å². The molecule has 1 aliphatic heterocycles. The van der Waals surface area contributed by atoms with E-state index in [2.05, 4.69) is 34.5 Å². The number of carbonyl (C=O) groups excluding carboxylic acids is 1. The summed E-state index contributed by atoms with van der Waals surface area (Å²) in [7, 11) is 0. The zero-order chi connectivity index (χ0) is 18.2.